The Morgan fingerprint density at radius 1 is 1.47 bits per heavy atom. The minimum absolute atomic E-state index is 0.0114. The molecule has 17 heavy (non-hydrogen) atoms. The van der Waals surface area contributed by atoms with E-state index in [1.165, 1.54) is 0 Å². The molecule has 0 aliphatic heterocycles. The molecule has 84 valence electrons. The van der Waals surface area contributed by atoms with Crippen molar-refractivity contribution in [3.63, 3.8) is 0 Å². The minimum Gasteiger partial charge on any atom is -0.294 e. The number of nitriles is 1. The molecule has 0 saturated heterocycles. The first-order chi connectivity index (χ1) is 8.22. The molecule has 0 bridgehead atoms. The first-order valence-corrected chi connectivity index (χ1v) is 5.48. The highest BCUT2D eigenvalue weighted by molar-refractivity contribution is 6.00. The molecule has 1 heterocycles. The summed E-state index contributed by atoms with van der Waals surface area (Å²) in [6, 6.07) is 11.2. The van der Waals surface area contributed by atoms with E-state index in [0.717, 1.165) is 10.9 Å². The molecule has 2 aromatic rings. The largest absolute Gasteiger partial charge is 0.294 e. The van der Waals surface area contributed by atoms with Crippen LogP contribution in [0, 0.1) is 17.2 Å². The van der Waals surface area contributed by atoms with Gasteiger partial charge in [0.15, 0.2) is 5.78 Å². The lowest BCUT2D eigenvalue weighted by Crippen LogP contribution is -2.10. The van der Waals surface area contributed by atoms with Crippen LogP contribution in [0.1, 0.15) is 23.7 Å². The van der Waals surface area contributed by atoms with Crippen molar-refractivity contribution < 1.29 is 4.79 Å². The molecular weight excluding hydrogens is 212 g/mol. The molecule has 0 aliphatic carbocycles. The second-order valence-electron chi connectivity index (χ2n) is 4.04. The fraction of sp³-hybridized carbons (Fsp3) is 0.214. The Bertz CT molecular complexity index is 598. The van der Waals surface area contributed by atoms with Gasteiger partial charge in [0.25, 0.3) is 0 Å². The van der Waals surface area contributed by atoms with E-state index in [1.54, 1.807) is 19.2 Å². The molecule has 0 N–H and O–H groups in total. The maximum atomic E-state index is 12.0. The lowest BCUT2D eigenvalue weighted by Gasteiger charge is -2.06. The van der Waals surface area contributed by atoms with Crippen LogP contribution in [0.4, 0.5) is 0 Å². The fourth-order valence-electron chi connectivity index (χ4n) is 1.74. The molecule has 1 unspecified atom stereocenters. The van der Waals surface area contributed by atoms with Crippen LogP contribution < -0.4 is 0 Å². The number of fused-ring (bicyclic) bond motifs is 1. The number of Topliss-reactive ketones (excluding diaryl/α,β-unsaturated/α-hetero) is 1. The summed E-state index contributed by atoms with van der Waals surface area (Å²) in [4.78, 5) is 16.2. The molecule has 3 heteroatoms. The van der Waals surface area contributed by atoms with Gasteiger partial charge in [-0.15, -0.1) is 0 Å². The van der Waals surface area contributed by atoms with Gasteiger partial charge in [0, 0.05) is 29.5 Å². The van der Waals surface area contributed by atoms with Crippen LogP contribution in [0.25, 0.3) is 10.9 Å². The van der Waals surface area contributed by atoms with Crippen molar-refractivity contribution >= 4 is 16.7 Å². The van der Waals surface area contributed by atoms with E-state index in [0.29, 0.717) is 5.56 Å². The molecule has 2 rings (SSSR count). The van der Waals surface area contributed by atoms with Crippen molar-refractivity contribution in [1.82, 2.24) is 4.98 Å². The summed E-state index contributed by atoms with van der Waals surface area (Å²) in [6.45, 7) is 1.78. The SMILES string of the molecule is CC(CC#N)C(=O)c1ccc2ncccc2c1. The monoisotopic (exact) mass is 224 g/mol. The van der Waals surface area contributed by atoms with Crippen LogP contribution in [0.15, 0.2) is 36.5 Å². The van der Waals surface area contributed by atoms with Crippen LogP contribution in [0.2, 0.25) is 0 Å². The van der Waals surface area contributed by atoms with Crippen molar-refractivity contribution in [2.45, 2.75) is 13.3 Å². The van der Waals surface area contributed by atoms with Gasteiger partial charge in [-0.3, -0.25) is 9.78 Å². The van der Waals surface area contributed by atoms with Crippen LogP contribution in [-0.2, 0) is 0 Å². The van der Waals surface area contributed by atoms with E-state index in [2.05, 4.69) is 4.98 Å². The third-order valence-electron chi connectivity index (χ3n) is 2.73. The van der Waals surface area contributed by atoms with E-state index in [9.17, 15) is 4.79 Å². The van der Waals surface area contributed by atoms with Crippen LogP contribution in [0.5, 0.6) is 0 Å². The standard InChI is InChI=1S/C14H12N2O/c1-10(6-7-15)14(17)12-4-5-13-11(9-12)3-2-8-16-13/h2-5,8-10H,6H2,1H3. The third-order valence-corrected chi connectivity index (χ3v) is 2.73. The predicted octanol–water partition coefficient (Wildman–Crippen LogP) is 2.97. The topological polar surface area (TPSA) is 53.8 Å². The number of carbonyl (C=O) groups is 1. The quantitative estimate of drug-likeness (QED) is 0.753. The number of rotatable bonds is 3. The summed E-state index contributed by atoms with van der Waals surface area (Å²) in [5, 5.41) is 9.54. The van der Waals surface area contributed by atoms with Gasteiger partial charge in [-0.1, -0.05) is 13.0 Å². The number of carbonyl (C=O) groups excluding carboxylic acids is 1. The summed E-state index contributed by atoms with van der Waals surface area (Å²) in [5.74, 6) is -0.244. The zero-order valence-corrected chi connectivity index (χ0v) is 9.55. The molecular formula is C14H12N2O. The van der Waals surface area contributed by atoms with Gasteiger partial charge in [0.1, 0.15) is 0 Å². The smallest absolute Gasteiger partial charge is 0.166 e. The Morgan fingerprint density at radius 3 is 3.06 bits per heavy atom. The van der Waals surface area contributed by atoms with Gasteiger partial charge in [-0.05, 0) is 24.3 Å². The van der Waals surface area contributed by atoms with Crippen molar-refractivity contribution in [1.29, 1.82) is 5.26 Å². The molecule has 0 amide bonds. The highest BCUT2D eigenvalue weighted by Gasteiger charge is 2.14. The number of ketones is 1. The highest BCUT2D eigenvalue weighted by Crippen LogP contribution is 2.17. The van der Waals surface area contributed by atoms with Gasteiger partial charge in [0.2, 0.25) is 0 Å². The minimum atomic E-state index is -0.255. The van der Waals surface area contributed by atoms with E-state index >= 15 is 0 Å². The molecule has 0 radical (unpaired) electrons. The van der Waals surface area contributed by atoms with E-state index < -0.39 is 0 Å². The van der Waals surface area contributed by atoms with Gasteiger partial charge in [0.05, 0.1) is 11.6 Å². The van der Waals surface area contributed by atoms with E-state index in [4.69, 9.17) is 5.26 Å². The second-order valence-corrected chi connectivity index (χ2v) is 4.04. The summed E-state index contributed by atoms with van der Waals surface area (Å²) < 4.78 is 0. The Morgan fingerprint density at radius 2 is 2.29 bits per heavy atom. The Balaban J connectivity index is 2.37. The number of hydrogen-bond acceptors (Lipinski definition) is 3. The lowest BCUT2D eigenvalue weighted by molar-refractivity contribution is 0.0932. The van der Waals surface area contributed by atoms with Crippen LogP contribution in [0.3, 0.4) is 0 Å². The molecule has 3 nitrogen and oxygen atoms in total. The van der Waals surface area contributed by atoms with Gasteiger partial charge in [-0.2, -0.15) is 5.26 Å². The average Bonchev–Trinajstić information content (AvgIpc) is 2.37. The van der Waals surface area contributed by atoms with Crippen molar-refractivity contribution in [2.75, 3.05) is 0 Å². The van der Waals surface area contributed by atoms with E-state index in [1.807, 2.05) is 30.3 Å². The number of nitrogens with zero attached hydrogens (tertiary/aromatic N) is 2. The van der Waals surface area contributed by atoms with E-state index in [-0.39, 0.29) is 18.1 Å². The van der Waals surface area contributed by atoms with Crippen LogP contribution >= 0.6 is 0 Å². The first-order valence-electron chi connectivity index (χ1n) is 5.48. The van der Waals surface area contributed by atoms with Gasteiger partial charge in [-0.25, -0.2) is 0 Å². The Kier molecular flexibility index (Phi) is 3.15. The molecule has 1 atom stereocenters. The summed E-state index contributed by atoms with van der Waals surface area (Å²) >= 11 is 0. The number of benzene rings is 1. The molecule has 0 spiro atoms. The maximum absolute atomic E-state index is 12.0. The highest BCUT2D eigenvalue weighted by atomic mass is 16.1. The Hall–Kier alpha value is -2.21. The summed E-state index contributed by atoms with van der Waals surface area (Å²) in [6.07, 6.45) is 1.98. The van der Waals surface area contributed by atoms with Gasteiger partial charge >= 0.3 is 0 Å². The Labute approximate surface area is 99.7 Å². The summed E-state index contributed by atoms with van der Waals surface area (Å²) in [7, 11) is 0. The zero-order valence-electron chi connectivity index (χ0n) is 9.55. The van der Waals surface area contributed by atoms with Crippen molar-refractivity contribution in [2.24, 2.45) is 5.92 Å². The fourth-order valence-corrected chi connectivity index (χ4v) is 1.74. The molecule has 0 aliphatic rings. The number of pyridine rings is 1. The zero-order chi connectivity index (χ0) is 12.3. The molecule has 0 saturated carbocycles. The number of hydrogen-bond donors (Lipinski definition) is 0. The summed E-state index contributed by atoms with van der Waals surface area (Å²) in [5.41, 5.74) is 1.52. The lowest BCUT2D eigenvalue weighted by atomic mass is 9.96. The maximum Gasteiger partial charge on any atom is 0.166 e. The third kappa shape index (κ3) is 2.31. The average molecular weight is 224 g/mol. The number of aromatic nitrogens is 1. The van der Waals surface area contributed by atoms with Crippen molar-refractivity contribution in [3.8, 4) is 6.07 Å². The first kappa shape index (κ1) is 11.3. The molecule has 1 aromatic carbocycles. The predicted molar refractivity (Wildman–Crippen MR) is 65.5 cm³/mol. The second kappa shape index (κ2) is 4.75. The molecule has 0 fully saturated rings. The van der Waals surface area contributed by atoms with Crippen LogP contribution in [-0.4, -0.2) is 10.8 Å². The normalized spacial score (nSPS) is 12.0. The van der Waals surface area contributed by atoms with Gasteiger partial charge < -0.3 is 0 Å². The molecule has 1 aromatic heterocycles. The van der Waals surface area contributed by atoms with Crippen molar-refractivity contribution in [3.05, 3.63) is 42.1 Å².